The zero-order valence-corrected chi connectivity index (χ0v) is 22.1. The predicted octanol–water partition coefficient (Wildman–Crippen LogP) is 5.28. The second-order valence-corrected chi connectivity index (χ2v) is 11.8. The molecule has 1 heterocycles. The van der Waals surface area contributed by atoms with Crippen molar-refractivity contribution in [1.82, 2.24) is 15.3 Å². The summed E-state index contributed by atoms with van der Waals surface area (Å²) in [5.74, 6) is 1.05. The first kappa shape index (κ1) is 25.2. The van der Waals surface area contributed by atoms with Crippen molar-refractivity contribution >= 4 is 28.5 Å². The van der Waals surface area contributed by atoms with Gasteiger partial charge in [0.1, 0.15) is 5.82 Å². The lowest BCUT2D eigenvalue weighted by Gasteiger charge is -2.38. The van der Waals surface area contributed by atoms with Crippen molar-refractivity contribution in [2.75, 3.05) is 20.3 Å². The van der Waals surface area contributed by atoms with E-state index in [9.17, 15) is 9.90 Å². The Hall–Kier alpha value is -2.41. The van der Waals surface area contributed by atoms with Gasteiger partial charge in [-0.1, -0.05) is 42.8 Å². The van der Waals surface area contributed by atoms with Crippen molar-refractivity contribution < 1.29 is 14.6 Å². The van der Waals surface area contributed by atoms with Gasteiger partial charge in [0.2, 0.25) is 5.91 Å². The van der Waals surface area contributed by atoms with Crippen LogP contribution in [0.25, 0.3) is 11.0 Å². The minimum atomic E-state index is -0.899. The summed E-state index contributed by atoms with van der Waals surface area (Å²) in [4.78, 5) is 21.7. The summed E-state index contributed by atoms with van der Waals surface area (Å²) >= 11 is 6.60. The van der Waals surface area contributed by atoms with Crippen LogP contribution >= 0.6 is 11.6 Å². The summed E-state index contributed by atoms with van der Waals surface area (Å²) in [5, 5.41) is 14.2. The largest absolute Gasteiger partial charge is 0.388 e. The van der Waals surface area contributed by atoms with E-state index in [2.05, 4.69) is 29.4 Å². The number of aromatic amines is 1. The highest BCUT2D eigenvalue weighted by Crippen LogP contribution is 2.57. The number of amides is 1. The molecule has 2 saturated carbocycles. The quantitative estimate of drug-likeness (QED) is 0.347. The fraction of sp³-hybridized carbons (Fsp3) is 0.517. The van der Waals surface area contributed by atoms with Crippen molar-refractivity contribution in [3.05, 3.63) is 64.4 Å². The van der Waals surface area contributed by atoms with Crippen LogP contribution in [0, 0.1) is 5.41 Å². The molecular weight excluding hydrogens is 474 g/mol. The Bertz CT molecular complexity index is 1260. The smallest absolute Gasteiger partial charge is 0.232 e. The number of nitrogens with one attached hydrogen (secondary N) is 2. The number of aromatic nitrogens is 2. The van der Waals surface area contributed by atoms with Gasteiger partial charge in [0.05, 0.1) is 28.7 Å². The van der Waals surface area contributed by atoms with Crippen molar-refractivity contribution in [2.24, 2.45) is 5.41 Å². The number of aliphatic hydroxyl groups is 1. The van der Waals surface area contributed by atoms with Crippen LogP contribution in [0.3, 0.4) is 0 Å². The van der Waals surface area contributed by atoms with Crippen LogP contribution in [0.5, 0.6) is 0 Å². The van der Waals surface area contributed by atoms with Gasteiger partial charge in [-0.3, -0.25) is 4.79 Å². The number of ether oxygens (including phenoxy) is 1. The Morgan fingerprint density at radius 3 is 2.64 bits per heavy atom. The summed E-state index contributed by atoms with van der Waals surface area (Å²) < 4.78 is 5.47. The molecule has 5 rings (SSSR count). The summed E-state index contributed by atoms with van der Waals surface area (Å²) in [6.07, 6.45) is 5.60. The van der Waals surface area contributed by atoms with Gasteiger partial charge in [-0.2, -0.15) is 0 Å². The number of imidazole rings is 1. The van der Waals surface area contributed by atoms with E-state index in [1.165, 1.54) is 18.4 Å². The number of hydrogen-bond donors (Lipinski definition) is 3. The maximum Gasteiger partial charge on any atom is 0.232 e. The Labute approximate surface area is 217 Å². The molecule has 2 atom stereocenters. The lowest BCUT2D eigenvalue weighted by molar-refractivity contribution is -0.130. The number of fused-ring (bicyclic) bond motifs is 1. The van der Waals surface area contributed by atoms with Crippen LogP contribution in [0.15, 0.2) is 42.5 Å². The van der Waals surface area contributed by atoms with Gasteiger partial charge >= 0.3 is 0 Å². The summed E-state index contributed by atoms with van der Waals surface area (Å²) in [6.45, 7) is 4.71. The fourth-order valence-corrected chi connectivity index (χ4v) is 5.76. The first-order valence-corrected chi connectivity index (χ1v) is 13.3. The van der Waals surface area contributed by atoms with Crippen LogP contribution < -0.4 is 5.32 Å². The molecule has 3 aromatic rings. The number of carbonyl (C=O) groups excluding carboxylic acids is 1. The summed E-state index contributed by atoms with van der Waals surface area (Å²) in [5.41, 5.74) is 2.34. The van der Waals surface area contributed by atoms with E-state index in [0.717, 1.165) is 53.1 Å². The van der Waals surface area contributed by atoms with E-state index in [1.807, 2.05) is 37.3 Å². The van der Waals surface area contributed by atoms with Gasteiger partial charge in [-0.25, -0.2) is 4.98 Å². The molecule has 2 aliphatic carbocycles. The van der Waals surface area contributed by atoms with Crippen molar-refractivity contribution in [2.45, 2.75) is 69.3 Å². The van der Waals surface area contributed by atoms with Crippen LogP contribution in [0.4, 0.5) is 0 Å². The lowest BCUT2D eigenvalue weighted by atomic mass is 9.79. The number of benzene rings is 2. The molecule has 2 aromatic carbocycles. The van der Waals surface area contributed by atoms with Crippen LogP contribution in [0.2, 0.25) is 5.02 Å². The highest BCUT2D eigenvalue weighted by atomic mass is 35.5. The maximum atomic E-state index is 13.3. The van der Waals surface area contributed by atoms with E-state index >= 15 is 0 Å². The zero-order chi connectivity index (χ0) is 25.6. The highest BCUT2D eigenvalue weighted by molar-refractivity contribution is 6.31. The molecule has 3 N–H and O–H groups in total. The topological polar surface area (TPSA) is 87.2 Å². The zero-order valence-electron chi connectivity index (χ0n) is 21.4. The third kappa shape index (κ3) is 4.79. The average Bonchev–Trinajstić information content (AvgIpc) is 3.45. The van der Waals surface area contributed by atoms with Crippen LogP contribution in [-0.4, -0.2) is 46.8 Å². The number of methoxy groups -OCH3 is 1. The van der Waals surface area contributed by atoms with Crippen LogP contribution in [-0.2, 0) is 21.4 Å². The summed E-state index contributed by atoms with van der Waals surface area (Å²) in [6, 6.07) is 14.1. The first-order valence-electron chi connectivity index (χ1n) is 12.9. The maximum absolute atomic E-state index is 13.3. The third-order valence-corrected chi connectivity index (χ3v) is 8.87. The van der Waals surface area contributed by atoms with E-state index in [0.29, 0.717) is 0 Å². The molecule has 2 aliphatic rings. The molecule has 1 aromatic heterocycles. The molecule has 1 amide bonds. The lowest BCUT2D eigenvalue weighted by Crippen LogP contribution is -2.53. The van der Waals surface area contributed by atoms with E-state index in [1.54, 1.807) is 7.11 Å². The number of halogens is 1. The molecule has 0 saturated heterocycles. The molecule has 2 fully saturated rings. The Morgan fingerprint density at radius 1 is 1.25 bits per heavy atom. The van der Waals surface area contributed by atoms with Gasteiger partial charge in [0.15, 0.2) is 0 Å². The SMILES string of the molecule is COCC(C)(C(=O)NCC1(O)CCC1)c1ccc2[nH]c(CC(c3ccccc3Cl)C3(C)CC3)nc2c1. The molecule has 2 unspecified atom stereocenters. The van der Waals surface area contributed by atoms with Crippen molar-refractivity contribution in [1.29, 1.82) is 0 Å². The standard InChI is InChI=1S/C29H36ClN3O3/c1-27(13-14-27)21(20-7-4-5-8-22(20)30)16-25-32-23-10-9-19(15-24(23)33-25)28(2,18-36-3)26(34)31-17-29(35)11-6-12-29/h4-5,7-10,15,21,35H,6,11-14,16-18H2,1-3H3,(H,31,34)(H,32,33). The van der Waals surface area contributed by atoms with Gasteiger partial charge in [0.25, 0.3) is 0 Å². The molecule has 36 heavy (non-hydrogen) atoms. The highest BCUT2D eigenvalue weighted by Gasteiger charge is 2.46. The number of rotatable bonds is 10. The second-order valence-electron chi connectivity index (χ2n) is 11.4. The molecular formula is C29H36ClN3O3. The minimum absolute atomic E-state index is 0.153. The molecule has 7 heteroatoms. The van der Waals surface area contributed by atoms with Crippen LogP contribution in [0.1, 0.15) is 68.8 Å². The normalized spacial score (nSPS) is 20.4. The Balaban J connectivity index is 1.40. The summed E-state index contributed by atoms with van der Waals surface area (Å²) in [7, 11) is 1.60. The molecule has 0 aliphatic heterocycles. The second kappa shape index (κ2) is 9.47. The molecule has 0 bridgehead atoms. The number of H-pyrrole nitrogens is 1. The van der Waals surface area contributed by atoms with Crippen molar-refractivity contribution in [3.63, 3.8) is 0 Å². The molecule has 192 valence electrons. The predicted molar refractivity (Wildman–Crippen MR) is 142 cm³/mol. The monoisotopic (exact) mass is 509 g/mol. The minimum Gasteiger partial charge on any atom is -0.388 e. The van der Waals surface area contributed by atoms with E-state index < -0.39 is 11.0 Å². The van der Waals surface area contributed by atoms with Gasteiger partial charge < -0.3 is 20.1 Å². The van der Waals surface area contributed by atoms with Gasteiger partial charge in [-0.05, 0) is 79.7 Å². The third-order valence-electron chi connectivity index (χ3n) is 8.52. The molecule has 0 spiro atoms. The van der Waals surface area contributed by atoms with Crippen molar-refractivity contribution in [3.8, 4) is 0 Å². The number of hydrogen-bond acceptors (Lipinski definition) is 4. The molecule has 6 nitrogen and oxygen atoms in total. The van der Waals surface area contributed by atoms with Gasteiger partial charge in [0, 0.05) is 25.1 Å². The number of nitrogens with zero attached hydrogens (tertiary/aromatic N) is 1. The first-order chi connectivity index (χ1) is 17.2. The fourth-order valence-electron chi connectivity index (χ4n) is 5.50. The van der Waals surface area contributed by atoms with Gasteiger partial charge in [-0.15, -0.1) is 0 Å². The number of carbonyl (C=O) groups is 1. The average molecular weight is 510 g/mol. The van der Waals surface area contributed by atoms with E-state index in [4.69, 9.17) is 21.3 Å². The molecule has 0 radical (unpaired) electrons. The Morgan fingerprint density at radius 2 is 2.00 bits per heavy atom. The Kier molecular flexibility index (Phi) is 6.64. The van der Waals surface area contributed by atoms with E-state index in [-0.39, 0.29) is 30.4 Å².